The maximum absolute atomic E-state index is 12.6. The second kappa shape index (κ2) is 22.5. The SMILES string of the molecule is NCCOCCOCCNC(=O)c1ccc(Nc2nc(NCCOCCOCCNC(=O)c3ccccc3)nc(NC3=CC4C=CC=C(O)C4C=C3)n2)cc1. The molecule has 0 aliphatic heterocycles. The van der Waals surface area contributed by atoms with E-state index in [-0.39, 0.29) is 29.6 Å². The molecule has 16 heteroatoms. The average Bonchev–Trinajstić information content (AvgIpc) is 3.20. The molecule has 2 aromatic carbocycles. The van der Waals surface area contributed by atoms with Gasteiger partial charge < -0.3 is 56.4 Å². The van der Waals surface area contributed by atoms with Crippen molar-refractivity contribution >= 4 is 35.3 Å². The molecule has 2 unspecified atom stereocenters. The number of nitrogens with two attached hydrogens (primary N) is 1. The standard InChI is InChI=1S/C39H49N9O7/c40-15-19-52-23-24-53-21-17-42-36(51)29-9-11-31(12-10-29)44-38-46-37(47-39(48-38)45-32-13-14-33-30(27-32)7-4-8-34(33)49)43-18-22-55-26-25-54-20-16-41-35(50)28-5-2-1-3-6-28/h1-14,27,30,33,49H,15-26,40H2,(H,41,50)(H,42,51)(H3,43,44,45,46,47,48). The molecule has 0 saturated carbocycles. The molecule has 2 atom stereocenters. The number of nitrogens with zero attached hydrogens (tertiary/aromatic N) is 3. The Bertz CT molecular complexity index is 1790. The second-order valence-electron chi connectivity index (χ2n) is 12.2. The topological polar surface area (TPSA) is 216 Å². The van der Waals surface area contributed by atoms with Crippen LogP contribution in [0.4, 0.5) is 23.5 Å². The minimum atomic E-state index is -0.221. The minimum absolute atomic E-state index is 0.00647. The lowest BCUT2D eigenvalue weighted by atomic mass is 9.83. The van der Waals surface area contributed by atoms with Gasteiger partial charge in [0, 0.05) is 60.5 Å². The summed E-state index contributed by atoms with van der Waals surface area (Å²) in [6.07, 6.45) is 11.4. The summed E-state index contributed by atoms with van der Waals surface area (Å²) in [7, 11) is 0. The van der Waals surface area contributed by atoms with E-state index in [0.717, 1.165) is 5.70 Å². The zero-order chi connectivity index (χ0) is 38.5. The number of rotatable bonds is 24. The zero-order valence-electron chi connectivity index (χ0n) is 30.6. The fourth-order valence-corrected chi connectivity index (χ4v) is 5.41. The van der Waals surface area contributed by atoms with Crippen LogP contribution in [0, 0.1) is 11.8 Å². The van der Waals surface area contributed by atoms with Crippen molar-refractivity contribution in [2.24, 2.45) is 17.6 Å². The van der Waals surface area contributed by atoms with Crippen LogP contribution in [0.15, 0.2) is 103 Å². The first-order chi connectivity index (χ1) is 27.0. The first kappa shape index (κ1) is 40.5. The normalized spacial score (nSPS) is 15.7. The van der Waals surface area contributed by atoms with Crippen molar-refractivity contribution in [1.82, 2.24) is 25.6 Å². The van der Waals surface area contributed by atoms with Crippen molar-refractivity contribution in [3.8, 4) is 0 Å². The number of carbonyl (C=O) groups is 2. The number of carbonyl (C=O) groups excluding carboxylic acids is 2. The zero-order valence-corrected chi connectivity index (χ0v) is 30.6. The summed E-state index contributed by atoms with van der Waals surface area (Å²) in [6.45, 7) is 4.87. The maximum atomic E-state index is 12.6. The number of aliphatic hydroxyl groups is 1. The van der Waals surface area contributed by atoms with Crippen LogP contribution in [-0.4, -0.2) is 111 Å². The molecule has 2 aliphatic carbocycles. The first-order valence-corrected chi connectivity index (χ1v) is 18.2. The lowest BCUT2D eigenvalue weighted by molar-refractivity contribution is 0.0511. The van der Waals surface area contributed by atoms with Gasteiger partial charge in [0.1, 0.15) is 0 Å². The molecule has 0 saturated heterocycles. The Hall–Kier alpha value is -5.65. The summed E-state index contributed by atoms with van der Waals surface area (Å²) >= 11 is 0. The van der Waals surface area contributed by atoms with Gasteiger partial charge in [-0.15, -0.1) is 0 Å². The number of anilines is 4. The lowest BCUT2D eigenvalue weighted by Gasteiger charge is -2.25. The number of hydrogen-bond acceptors (Lipinski definition) is 14. The quantitative estimate of drug-likeness (QED) is 0.0654. The fraction of sp³-hybridized carbons (Fsp3) is 0.359. The van der Waals surface area contributed by atoms with Crippen LogP contribution < -0.4 is 32.3 Å². The third-order valence-corrected chi connectivity index (χ3v) is 8.14. The van der Waals surface area contributed by atoms with Gasteiger partial charge in [0.15, 0.2) is 0 Å². The van der Waals surface area contributed by atoms with Crippen LogP contribution in [0.2, 0.25) is 0 Å². The van der Waals surface area contributed by atoms with Gasteiger partial charge in [-0.05, 0) is 48.6 Å². The average molecular weight is 756 g/mol. The number of benzene rings is 2. The predicted molar refractivity (Wildman–Crippen MR) is 209 cm³/mol. The van der Waals surface area contributed by atoms with Crippen molar-refractivity contribution in [3.63, 3.8) is 0 Å². The van der Waals surface area contributed by atoms with Crippen molar-refractivity contribution < 1.29 is 33.6 Å². The Morgan fingerprint density at radius 1 is 0.673 bits per heavy atom. The molecule has 292 valence electrons. The molecule has 8 N–H and O–H groups in total. The highest BCUT2D eigenvalue weighted by Crippen LogP contribution is 2.32. The number of ether oxygens (including phenoxy) is 4. The summed E-state index contributed by atoms with van der Waals surface area (Å²) in [5, 5.41) is 25.6. The molecule has 0 radical (unpaired) electrons. The molecule has 1 heterocycles. The number of nitrogens with one attached hydrogen (secondary N) is 5. The smallest absolute Gasteiger partial charge is 0.251 e. The molecule has 16 nitrogen and oxygen atoms in total. The Morgan fingerprint density at radius 3 is 1.91 bits per heavy atom. The fourth-order valence-electron chi connectivity index (χ4n) is 5.41. The third-order valence-electron chi connectivity index (χ3n) is 8.14. The Morgan fingerprint density at radius 2 is 1.25 bits per heavy atom. The first-order valence-electron chi connectivity index (χ1n) is 18.2. The van der Waals surface area contributed by atoms with E-state index in [1.807, 2.05) is 48.6 Å². The molecule has 3 aromatic rings. The van der Waals surface area contributed by atoms with Gasteiger partial charge in [0.2, 0.25) is 17.8 Å². The molecule has 1 aromatic heterocycles. The number of allylic oxidation sites excluding steroid dienone is 6. The van der Waals surface area contributed by atoms with Crippen LogP contribution in [0.1, 0.15) is 20.7 Å². The molecule has 55 heavy (non-hydrogen) atoms. The van der Waals surface area contributed by atoms with E-state index in [1.54, 1.807) is 42.5 Å². The van der Waals surface area contributed by atoms with E-state index >= 15 is 0 Å². The van der Waals surface area contributed by atoms with Gasteiger partial charge in [-0.2, -0.15) is 15.0 Å². The monoisotopic (exact) mass is 755 g/mol. The molecule has 0 fully saturated rings. The summed E-state index contributed by atoms with van der Waals surface area (Å²) in [4.78, 5) is 38.4. The Kier molecular flexibility index (Phi) is 16.6. The van der Waals surface area contributed by atoms with E-state index in [0.29, 0.717) is 114 Å². The minimum Gasteiger partial charge on any atom is -0.512 e. The van der Waals surface area contributed by atoms with Crippen molar-refractivity contribution in [3.05, 3.63) is 114 Å². The predicted octanol–water partition coefficient (Wildman–Crippen LogP) is 3.32. The molecule has 0 spiro atoms. The van der Waals surface area contributed by atoms with Gasteiger partial charge in [0.05, 0.1) is 58.6 Å². The van der Waals surface area contributed by atoms with Crippen molar-refractivity contribution in [2.75, 3.05) is 95.0 Å². The number of fused-ring (bicyclic) bond motifs is 1. The van der Waals surface area contributed by atoms with E-state index in [2.05, 4.69) is 41.5 Å². The van der Waals surface area contributed by atoms with Crippen LogP contribution in [0.25, 0.3) is 0 Å². The van der Waals surface area contributed by atoms with Crippen LogP contribution in [0.3, 0.4) is 0 Å². The highest BCUT2D eigenvalue weighted by molar-refractivity contribution is 5.94. The van der Waals surface area contributed by atoms with Gasteiger partial charge in [-0.3, -0.25) is 9.59 Å². The van der Waals surface area contributed by atoms with Gasteiger partial charge >= 0.3 is 0 Å². The Labute approximate surface area is 320 Å². The molecule has 5 rings (SSSR count). The molecular formula is C39H49N9O7. The number of aromatic nitrogens is 3. The number of amides is 2. The molecule has 2 amide bonds. The largest absolute Gasteiger partial charge is 0.512 e. The van der Waals surface area contributed by atoms with Crippen LogP contribution in [-0.2, 0) is 18.9 Å². The Balaban J connectivity index is 1.09. The van der Waals surface area contributed by atoms with Gasteiger partial charge in [-0.1, -0.05) is 42.5 Å². The summed E-state index contributed by atoms with van der Waals surface area (Å²) in [5.41, 5.74) is 7.92. The van der Waals surface area contributed by atoms with E-state index in [4.69, 9.17) is 24.7 Å². The van der Waals surface area contributed by atoms with Gasteiger partial charge in [-0.25, -0.2) is 0 Å². The molecule has 2 aliphatic rings. The number of hydrogen-bond donors (Lipinski definition) is 7. The van der Waals surface area contributed by atoms with Crippen molar-refractivity contribution in [1.29, 1.82) is 0 Å². The lowest BCUT2D eigenvalue weighted by Crippen LogP contribution is -2.27. The highest BCUT2D eigenvalue weighted by atomic mass is 16.5. The number of aliphatic hydroxyl groups excluding tert-OH is 1. The van der Waals surface area contributed by atoms with Crippen LogP contribution >= 0.6 is 0 Å². The third kappa shape index (κ3) is 13.9. The second-order valence-corrected chi connectivity index (χ2v) is 12.2. The maximum Gasteiger partial charge on any atom is 0.251 e. The summed E-state index contributed by atoms with van der Waals surface area (Å²) in [6, 6.07) is 16.0. The van der Waals surface area contributed by atoms with E-state index < -0.39 is 0 Å². The molecule has 0 bridgehead atoms. The molecular weight excluding hydrogens is 706 g/mol. The summed E-state index contributed by atoms with van der Waals surface area (Å²) < 4.78 is 22.0. The van der Waals surface area contributed by atoms with Crippen molar-refractivity contribution in [2.45, 2.75) is 0 Å². The van der Waals surface area contributed by atoms with Gasteiger partial charge in [0.25, 0.3) is 11.8 Å². The van der Waals surface area contributed by atoms with E-state index in [1.165, 1.54) is 0 Å². The van der Waals surface area contributed by atoms with Crippen LogP contribution in [0.5, 0.6) is 0 Å². The van der Waals surface area contributed by atoms with E-state index in [9.17, 15) is 14.7 Å². The summed E-state index contributed by atoms with van der Waals surface area (Å²) in [5.74, 6) is 0.722. The highest BCUT2D eigenvalue weighted by Gasteiger charge is 2.24.